The monoisotopic (exact) mass is 286 g/mol. The van der Waals surface area contributed by atoms with Crippen LogP contribution in [0.2, 0.25) is 0 Å². The number of alkyl halides is 1. The SMILES string of the molecule is COc1cccc(CCCC(Br)C(=O)O)c1. The summed E-state index contributed by atoms with van der Waals surface area (Å²) in [6.45, 7) is 0. The third-order valence-electron chi connectivity index (χ3n) is 2.33. The third kappa shape index (κ3) is 4.23. The maximum Gasteiger partial charge on any atom is 0.317 e. The lowest BCUT2D eigenvalue weighted by Gasteiger charge is -2.06. The summed E-state index contributed by atoms with van der Waals surface area (Å²) in [5, 5.41) is 8.69. The number of hydrogen-bond acceptors (Lipinski definition) is 2. The van der Waals surface area contributed by atoms with E-state index >= 15 is 0 Å². The van der Waals surface area contributed by atoms with Gasteiger partial charge in [0, 0.05) is 0 Å². The minimum Gasteiger partial charge on any atom is -0.497 e. The van der Waals surface area contributed by atoms with Gasteiger partial charge >= 0.3 is 5.97 Å². The van der Waals surface area contributed by atoms with Crippen molar-refractivity contribution in [2.24, 2.45) is 0 Å². The first kappa shape index (κ1) is 13.0. The lowest BCUT2D eigenvalue weighted by Crippen LogP contribution is -2.12. The van der Waals surface area contributed by atoms with Crippen LogP contribution in [0, 0.1) is 0 Å². The summed E-state index contributed by atoms with van der Waals surface area (Å²) in [6, 6.07) is 7.83. The van der Waals surface area contributed by atoms with E-state index in [1.54, 1.807) is 7.11 Å². The van der Waals surface area contributed by atoms with E-state index < -0.39 is 10.8 Å². The fourth-order valence-corrected chi connectivity index (χ4v) is 1.76. The topological polar surface area (TPSA) is 46.5 Å². The highest BCUT2D eigenvalue weighted by Gasteiger charge is 2.11. The number of benzene rings is 1. The van der Waals surface area contributed by atoms with Crippen molar-refractivity contribution in [3.05, 3.63) is 29.8 Å². The highest BCUT2D eigenvalue weighted by Crippen LogP contribution is 2.16. The van der Waals surface area contributed by atoms with Crippen LogP contribution < -0.4 is 4.74 Å². The Hall–Kier alpha value is -1.03. The van der Waals surface area contributed by atoms with E-state index in [1.165, 1.54) is 5.56 Å². The molecule has 0 aliphatic heterocycles. The number of carbonyl (C=O) groups is 1. The van der Waals surface area contributed by atoms with Crippen LogP contribution in [-0.2, 0) is 11.2 Å². The van der Waals surface area contributed by atoms with Gasteiger partial charge in [-0.15, -0.1) is 0 Å². The molecule has 0 aliphatic rings. The number of carboxylic acids is 1. The standard InChI is InChI=1S/C12H15BrO3/c1-16-10-6-2-4-9(8-10)5-3-7-11(13)12(14)15/h2,4,6,8,11H,3,5,7H2,1H3,(H,14,15). The Bertz CT molecular complexity index is 352. The number of methoxy groups -OCH3 is 1. The molecule has 1 aromatic rings. The number of halogens is 1. The molecule has 0 heterocycles. The zero-order valence-corrected chi connectivity index (χ0v) is 10.7. The third-order valence-corrected chi connectivity index (χ3v) is 3.17. The lowest BCUT2D eigenvalue weighted by atomic mass is 10.1. The van der Waals surface area contributed by atoms with Crippen LogP contribution in [0.15, 0.2) is 24.3 Å². The van der Waals surface area contributed by atoms with Crippen molar-refractivity contribution >= 4 is 21.9 Å². The Kier molecular flexibility index (Phi) is 5.32. The summed E-state index contributed by atoms with van der Waals surface area (Å²) in [4.78, 5) is 10.1. The van der Waals surface area contributed by atoms with Crippen molar-refractivity contribution in [1.82, 2.24) is 0 Å². The Morgan fingerprint density at radius 1 is 1.56 bits per heavy atom. The van der Waals surface area contributed by atoms with Gasteiger partial charge in [0.2, 0.25) is 0 Å². The molecular formula is C12H15BrO3. The van der Waals surface area contributed by atoms with Crippen LogP contribution in [-0.4, -0.2) is 23.0 Å². The van der Waals surface area contributed by atoms with Gasteiger partial charge in [-0.25, -0.2) is 0 Å². The zero-order chi connectivity index (χ0) is 12.0. The van der Waals surface area contributed by atoms with Gasteiger partial charge in [-0.2, -0.15) is 0 Å². The fraction of sp³-hybridized carbons (Fsp3) is 0.417. The van der Waals surface area contributed by atoms with Crippen LogP contribution in [0.1, 0.15) is 18.4 Å². The van der Waals surface area contributed by atoms with Crippen molar-refractivity contribution in [3.63, 3.8) is 0 Å². The number of hydrogen-bond donors (Lipinski definition) is 1. The molecule has 16 heavy (non-hydrogen) atoms. The number of aryl methyl sites for hydroxylation is 1. The predicted molar refractivity (Wildman–Crippen MR) is 66.3 cm³/mol. The Labute approximate surface area is 104 Å². The van der Waals surface area contributed by atoms with Crippen LogP contribution >= 0.6 is 15.9 Å². The van der Waals surface area contributed by atoms with E-state index in [0.29, 0.717) is 6.42 Å². The van der Waals surface area contributed by atoms with Gasteiger partial charge in [-0.1, -0.05) is 28.1 Å². The van der Waals surface area contributed by atoms with Crippen molar-refractivity contribution in [3.8, 4) is 5.75 Å². The summed E-state index contributed by atoms with van der Waals surface area (Å²) >= 11 is 3.12. The predicted octanol–water partition coefficient (Wildman–Crippen LogP) is 2.87. The highest BCUT2D eigenvalue weighted by atomic mass is 79.9. The quantitative estimate of drug-likeness (QED) is 0.818. The van der Waals surface area contributed by atoms with Crippen LogP contribution in [0.5, 0.6) is 5.75 Å². The molecule has 4 heteroatoms. The molecular weight excluding hydrogens is 272 g/mol. The number of aliphatic carboxylic acids is 1. The molecule has 1 rings (SSSR count). The van der Waals surface area contributed by atoms with Gasteiger partial charge in [-0.05, 0) is 37.0 Å². The van der Waals surface area contributed by atoms with Crippen molar-refractivity contribution in [2.75, 3.05) is 7.11 Å². The molecule has 0 radical (unpaired) electrons. The summed E-state index contributed by atoms with van der Waals surface area (Å²) < 4.78 is 5.12. The average molecular weight is 287 g/mol. The summed E-state index contributed by atoms with van der Waals surface area (Å²) in [7, 11) is 1.64. The maximum atomic E-state index is 10.6. The van der Waals surface area contributed by atoms with E-state index in [1.807, 2.05) is 24.3 Å². The molecule has 0 spiro atoms. The van der Waals surface area contributed by atoms with Crippen molar-refractivity contribution < 1.29 is 14.6 Å². The number of rotatable bonds is 6. The molecule has 3 nitrogen and oxygen atoms in total. The van der Waals surface area contributed by atoms with Crippen molar-refractivity contribution in [1.29, 1.82) is 0 Å². The Morgan fingerprint density at radius 2 is 2.31 bits per heavy atom. The van der Waals surface area contributed by atoms with Gasteiger partial charge < -0.3 is 9.84 Å². The second-order valence-electron chi connectivity index (χ2n) is 3.55. The molecule has 0 saturated carbocycles. The van der Waals surface area contributed by atoms with Crippen LogP contribution in [0.3, 0.4) is 0 Å². The van der Waals surface area contributed by atoms with Crippen molar-refractivity contribution in [2.45, 2.75) is 24.1 Å². The Morgan fingerprint density at radius 3 is 2.94 bits per heavy atom. The number of ether oxygens (including phenoxy) is 1. The normalized spacial score (nSPS) is 12.1. The Balaban J connectivity index is 2.39. The van der Waals surface area contributed by atoms with Gasteiger partial charge in [0.1, 0.15) is 10.6 Å². The van der Waals surface area contributed by atoms with E-state index in [0.717, 1.165) is 18.6 Å². The lowest BCUT2D eigenvalue weighted by molar-refractivity contribution is -0.136. The molecule has 88 valence electrons. The van der Waals surface area contributed by atoms with Crippen LogP contribution in [0.25, 0.3) is 0 Å². The maximum absolute atomic E-state index is 10.6. The highest BCUT2D eigenvalue weighted by molar-refractivity contribution is 9.10. The van der Waals surface area contributed by atoms with Crippen LogP contribution in [0.4, 0.5) is 0 Å². The molecule has 1 atom stereocenters. The molecule has 1 N–H and O–H groups in total. The molecule has 0 aliphatic carbocycles. The first-order valence-electron chi connectivity index (χ1n) is 5.13. The molecule has 0 bridgehead atoms. The second kappa shape index (κ2) is 6.53. The zero-order valence-electron chi connectivity index (χ0n) is 9.15. The molecule has 0 aromatic heterocycles. The van der Waals surface area contributed by atoms with Gasteiger partial charge in [0.25, 0.3) is 0 Å². The molecule has 0 amide bonds. The minimum absolute atomic E-state index is 0.446. The number of carboxylic acid groups (broad SMARTS) is 1. The molecule has 0 saturated heterocycles. The fourth-order valence-electron chi connectivity index (χ4n) is 1.44. The first-order chi connectivity index (χ1) is 7.63. The largest absolute Gasteiger partial charge is 0.497 e. The average Bonchev–Trinajstić information content (AvgIpc) is 2.29. The van der Waals surface area contributed by atoms with E-state index in [-0.39, 0.29) is 0 Å². The van der Waals surface area contributed by atoms with Gasteiger partial charge in [0.05, 0.1) is 7.11 Å². The van der Waals surface area contributed by atoms with Gasteiger partial charge in [-0.3, -0.25) is 4.79 Å². The minimum atomic E-state index is -0.800. The smallest absolute Gasteiger partial charge is 0.317 e. The summed E-state index contributed by atoms with van der Waals surface area (Å²) in [5.41, 5.74) is 1.17. The second-order valence-corrected chi connectivity index (χ2v) is 4.65. The molecule has 1 aromatic carbocycles. The molecule has 1 unspecified atom stereocenters. The molecule has 0 fully saturated rings. The van der Waals surface area contributed by atoms with Gasteiger partial charge in [0.15, 0.2) is 0 Å². The summed E-state index contributed by atoms with van der Waals surface area (Å²) in [6.07, 6.45) is 2.34. The van der Waals surface area contributed by atoms with E-state index in [9.17, 15) is 4.79 Å². The van der Waals surface area contributed by atoms with E-state index in [4.69, 9.17) is 9.84 Å². The van der Waals surface area contributed by atoms with E-state index in [2.05, 4.69) is 15.9 Å². The first-order valence-corrected chi connectivity index (χ1v) is 6.05. The summed E-state index contributed by atoms with van der Waals surface area (Å²) in [5.74, 6) is 0.0387.